The van der Waals surface area contributed by atoms with Gasteiger partial charge in [0.15, 0.2) is 0 Å². The van der Waals surface area contributed by atoms with Gasteiger partial charge in [-0.15, -0.1) is 0 Å². The van der Waals surface area contributed by atoms with Crippen LogP contribution in [0, 0.1) is 0 Å². The molecule has 198 valence electrons. The summed E-state index contributed by atoms with van der Waals surface area (Å²) in [5.41, 5.74) is 1.56. The average molecular weight is 567 g/mol. The highest BCUT2D eigenvalue weighted by Gasteiger charge is 2.29. The molecule has 0 aliphatic carbocycles. The number of halogens is 1. The van der Waals surface area contributed by atoms with E-state index in [1.165, 1.54) is 24.3 Å². The summed E-state index contributed by atoms with van der Waals surface area (Å²) >= 11 is 6.01. The van der Waals surface area contributed by atoms with Crippen molar-refractivity contribution in [1.29, 1.82) is 0 Å². The summed E-state index contributed by atoms with van der Waals surface area (Å²) in [6.45, 7) is 0.277. The zero-order valence-electron chi connectivity index (χ0n) is 21.1. The topological polar surface area (TPSA) is 81.4 Å². The van der Waals surface area contributed by atoms with Crippen LogP contribution in [0.3, 0.4) is 0 Å². The molecule has 0 amide bonds. The van der Waals surface area contributed by atoms with Crippen molar-refractivity contribution in [1.82, 2.24) is 4.98 Å². The van der Waals surface area contributed by atoms with Crippen LogP contribution in [0.25, 0.3) is 22.2 Å². The van der Waals surface area contributed by atoms with Crippen molar-refractivity contribution < 1.29 is 17.6 Å². The molecule has 0 aliphatic heterocycles. The van der Waals surface area contributed by atoms with Gasteiger partial charge in [-0.1, -0.05) is 78.3 Å². The third kappa shape index (κ3) is 5.30. The molecule has 8 heteroatoms. The lowest BCUT2D eigenvalue weighted by atomic mass is 10.0. The van der Waals surface area contributed by atoms with E-state index < -0.39 is 9.84 Å². The Morgan fingerprint density at radius 2 is 1.48 bits per heavy atom. The predicted molar refractivity (Wildman–Crippen MR) is 157 cm³/mol. The van der Waals surface area contributed by atoms with Crippen molar-refractivity contribution in [2.24, 2.45) is 0 Å². The van der Waals surface area contributed by atoms with Gasteiger partial charge in [0.25, 0.3) is 0 Å². The number of oxazole rings is 1. The first-order valence-electron chi connectivity index (χ1n) is 12.5. The van der Waals surface area contributed by atoms with Crippen LogP contribution in [0.1, 0.15) is 5.56 Å². The average Bonchev–Trinajstić information content (AvgIpc) is 3.42. The fourth-order valence-corrected chi connectivity index (χ4v) is 5.78. The van der Waals surface area contributed by atoms with Crippen molar-refractivity contribution in [2.75, 3.05) is 5.32 Å². The zero-order chi connectivity index (χ0) is 27.5. The van der Waals surface area contributed by atoms with E-state index in [-0.39, 0.29) is 28.2 Å². The number of hydrogen-bond acceptors (Lipinski definition) is 6. The largest absolute Gasteiger partial charge is 0.457 e. The van der Waals surface area contributed by atoms with Crippen LogP contribution in [0.15, 0.2) is 136 Å². The van der Waals surface area contributed by atoms with Crippen LogP contribution in [0.4, 0.5) is 5.88 Å². The van der Waals surface area contributed by atoms with Crippen LogP contribution in [-0.2, 0) is 16.4 Å². The third-order valence-corrected chi connectivity index (χ3v) is 8.26. The highest BCUT2D eigenvalue weighted by atomic mass is 35.5. The Hall–Kier alpha value is -4.59. The number of benzene rings is 5. The van der Waals surface area contributed by atoms with Crippen molar-refractivity contribution in [3.05, 3.63) is 132 Å². The van der Waals surface area contributed by atoms with Crippen LogP contribution in [0.2, 0.25) is 5.02 Å². The first kappa shape index (κ1) is 25.7. The Kier molecular flexibility index (Phi) is 6.99. The first-order valence-corrected chi connectivity index (χ1v) is 14.4. The molecule has 6 nitrogen and oxygen atoms in total. The second-order valence-corrected chi connectivity index (χ2v) is 11.4. The number of sulfone groups is 1. The number of aromatic nitrogens is 1. The summed E-state index contributed by atoms with van der Waals surface area (Å²) in [4.78, 5) is 4.58. The summed E-state index contributed by atoms with van der Waals surface area (Å²) in [5, 5.41) is 5.29. The van der Waals surface area contributed by atoms with Gasteiger partial charge < -0.3 is 14.5 Å². The van der Waals surface area contributed by atoms with E-state index >= 15 is 0 Å². The summed E-state index contributed by atoms with van der Waals surface area (Å²) in [7, 11) is -4.03. The molecule has 1 heterocycles. The maximum atomic E-state index is 13.7. The maximum Gasteiger partial charge on any atom is 0.234 e. The van der Waals surface area contributed by atoms with Crippen LogP contribution < -0.4 is 10.1 Å². The number of ether oxygens (including phenoxy) is 1. The number of anilines is 1. The van der Waals surface area contributed by atoms with Gasteiger partial charge >= 0.3 is 0 Å². The minimum Gasteiger partial charge on any atom is -0.457 e. The molecule has 6 aromatic rings. The molecule has 0 saturated carbocycles. The Morgan fingerprint density at radius 1 is 0.775 bits per heavy atom. The summed E-state index contributed by atoms with van der Waals surface area (Å²) < 4.78 is 39.5. The molecule has 1 N–H and O–H groups in total. The minimum absolute atomic E-state index is 0.0484. The summed E-state index contributed by atoms with van der Waals surface area (Å²) in [6, 6.07) is 36.5. The van der Waals surface area contributed by atoms with Crippen molar-refractivity contribution in [3.8, 4) is 23.0 Å². The van der Waals surface area contributed by atoms with Crippen LogP contribution >= 0.6 is 11.6 Å². The highest BCUT2D eigenvalue weighted by molar-refractivity contribution is 7.91. The molecule has 1 aromatic heterocycles. The van der Waals surface area contributed by atoms with Gasteiger partial charge in [-0.3, -0.25) is 0 Å². The van der Waals surface area contributed by atoms with E-state index in [1.54, 1.807) is 0 Å². The summed E-state index contributed by atoms with van der Waals surface area (Å²) in [5.74, 6) is 1.63. The van der Waals surface area contributed by atoms with Crippen molar-refractivity contribution >= 4 is 38.1 Å². The molecule has 0 spiro atoms. The van der Waals surface area contributed by atoms with Gasteiger partial charge in [0.1, 0.15) is 11.5 Å². The molecule has 0 unspecified atom stereocenters. The number of nitrogens with zero attached hydrogens (tertiary/aromatic N) is 1. The molecule has 40 heavy (non-hydrogen) atoms. The van der Waals surface area contributed by atoms with Gasteiger partial charge in [0.05, 0.1) is 4.90 Å². The highest BCUT2D eigenvalue weighted by Crippen LogP contribution is 2.36. The normalized spacial score (nSPS) is 11.4. The van der Waals surface area contributed by atoms with Crippen LogP contribution in [0.5, 0.6) is 11.5 Å². The SMILES string of the molecule is O=S(=O)(c1ccc(Cl)cc1)c1nc(-c2cccc3ccccc23)oc1NCc1cccc(Oc2ccccc2)c1. The Bertz CT molecular complexity index is 1900. The van der Waals surface area contributed by atoms with E-state index in [4.69, 9.17) is 20.8 Å². The van der Waals surface area contributed by atoms with E-state index in [9.17, 15) is 8.42 Å². The molecule has 6 rings (SSSR count). The Morgan fingerprint density at radius 3 is 2.30 bits per heavy atom. The molecule has 0 bridgehead atoms. The molecular weight excluding hydrogens is 544 g/mol. The van der Waals surface area contributed by atoms with E-state index in [1.807, 2.05) is 97.1 Å². The van der Waals surface area contributed by atoms with Crippen molar-refractivity contribution in [2.45, 2.75) is 16.5 Å². The number of fused-ring (bicyclic) bond motifs is 1. The van der Waals surface area contributed by atoms with E-state index in [0.717, 1.165) is 22.1 Å². The fraction of sp³-hybridized carbons (Fsp3) is 0.0312. The summed E-state index contributed by atoms with van der Waals surface area (Å²) in [6.07, 6.45) is 0. The molecule has 0 radical (unpaired) electrons. The number of rotatable bonds is 8. The van der Waals surface area contributed by atoms with Gasteiger partial charge in [0, 0.05) is 17.1 Å². The molecule has 0 aliphatic rings. The Balaban J connectivity index is 1.37. The van der Waals surface area contributed by atoms with Crippen LogP contribution in [-0.4, -0.2) is 13.4 Å². The molecule has 0 saturated heterocycles. The lowest BCUT2D eigenvalue weighted by molar-refractivity contribution is 0.482. The second-order valence-electron chi connectivity index (χ2n) is 9.05. The monoisotopic (exact) mass is 566 g/mol. The second kappa shape index (κ2) is 10.9. The molecular formula is C32H23ClN2O4S. The smallest absolute Gasteiger partial charge is 0.234 e. The Labute approximate surface area is 236 Å². The lowest BCUT2D eigenvalue weighted by Crippen LogP contribution is -2.07. The van der Waals surface area contributed by atoms with Gasteiger partial charge in [-0.2, -0.15) is 4.98 Å². The van der Waals surface area contributed by atoms with E-state index in [2.05, 4.69) is 10.3 Å². The number of nitrogens with one attached hydrogen (secondary N) is 1. The number of para-hydroxylation sites is 1. The van der Waals surface area contributed by atoms with Crippen molar-refractivity contribution in [3.63, 3.8) is 0 Å². The number of hydrogen-bond donors (Lipinski definition) is 1. The third-order valence-electron chi connectivity index (χ3n) is 6.33. The molecule has 0 fully saturated rings. The standard InChI is InChI=1S/C32H23ClN2O4S/c33-24-16-18-27(19-17-24)40(36,37)32-31(39-30(35-32)29-15-7-10-23-9-4-5-14-28(23)29)34-21-22-8-6-13-26(20-22)38-25-11-2-1-3-12-25/h1-20,34H,21H2. The van der Waals surface area contributed by atoms with Gasteiger partial charge in [-0.25, -0.2) is 8.42 Å². The van der Waals surface area contributed by atoms with Gasteiger partial charge in [0.2, 0.25) is 26.6 Å². The fourth-order valence-electron chi connectivity index (χ4n) is 4.38. The molecule has 5 aromatic carbocycles. The van der Waals surface area contributed by atoms with Gasteiger partial charge in [-0.05, 0) is 70.9 Å². The molecule has 0 atom stereocenters. The first-order chi connectivity index (χ1) is 19.5. The predicted octanol–water partition coefficient (Wildman–Crippen LogP) is 8.39. The quantitative estimate of drug-likeness (QED) is 0.199. The lowest BCUT2D eigenvalue weighted by Gasteiger charge is -2.09. The zero-order valence-corrected chi connectivity index (χ0v) is 22.7. The minimum atomic E-state index is -4.03. The maximum absolute atomic E-state index is 13.7. The van der Waals surface area contributed by atoms with E-state index in [0.29, 0.717) is 16.3 Å².